The Hall–Kier alpha value is -1.54. The number of pyridine rings is 1. The largest absolute Gasteiger partial charge is 0.377 e. The summed E-state index contributed by atoms with van der Waals surface area (Å²) in [6, 6.07) is 4.91. The van der Waals surface area contributed by atoms with Crippen molar-refractivity contribution in [3.63, 3.8) is 0 Å². The smallest absolute Gasteiger partial charge is 0.253 e. The number of carbonyl (C=O) groups is 1. The molecule has 0 aliphatic rings. The maximum atomic E-state index is 14.1. The maximum Gasteiger partial charge on any atom is 0.253 e. The Morgan fingerprint density at radius 3 is 2.70 bits per heavy atom. The fourth-order valence-electron chi connectivity index (χ4n) is 2.46. The summed E-state index contributed by atoms with van der Waals surface area (Å²) in [6.45, 7) is 1.58. The van der Waals surface area contributed by atoms with Crippen LogP contribution in [-0.4, -0.2) is 24.1 Å². The number of benzene rings is 1. The summed E-state index contributed by atoms with van der Waals surface area (Å²) in [6.07, 6.45) is 1.69. The van der Waals surface area contributed by atoms with Crippen LogP contribution in [0.2, 0.25) is 0 Å². The minimum Gasteiger partial charge on any atom is -0.377 e. The van der Waals surface area contributed by atoms with E-state index in [1.165, 1.54) is 23.9 Å². The SMILES string of the molecule is COCC(=O)c1cn(C)c(=O)c(C)c1Cc1ccc(I)cc1F. The van der Waals surface area contributed by atoms with Gasteiger partial charge in [0.15, 0.2) is 5.78 Å². The quantitative estimate of drug-likeness (QED) is 0.543. The molecule has 2 rings (SSSR count). The number of hydrogen-bond donors (Lipinski definition) is 0. The number of Topliss-reactive ketones (excluding diaryl/α,β-unsaturated/α-hetero) is 1. The van der Waals surface area contributed by atoms with E-state index < -0.39 is 0 Å². The van der Waals surface area contributed by atoms with Gasteiger partial charge in [0.2, 0.25) is 0 Å². The number of carbonyl (C=O) groups excluding carboxylic acids is 1. The van der Waals surface area contributed by atoms with Gasteiger partial charge in [0, 0.05) is 41.5 Å². The molecule has 0 bridgehead atoms. The predicted molar refractivity (Wildman–Crippen MR) is 94.5 cm³/mol. The molecule has 122 valence electrons. The Bertz CT molecular complexity index is 814. The third-order valence-electron chi connectivity index (χ3n) is 3.70. The molecule has 0 saturated heterocycles. The fourth-order valence-corrected chi connectivity index (χ4v) is 2.91. The van der Waals surface area contributed by atoms with Gasteiger partial charge in [-0.3, -0.25) is 9.59 Å². The third-order valence-corrected chi connectivity index (χ3v) is 4.37. The molecule has 0 atom stereocenters. The van der Waals surface area contributed by atoms with E-state index in [-0.39, 0.29) is 30.2 Å². The molecule has 0 unspecified atom stereocenters. The molecule has 0 N–H and O–H groups in total. The number of aromatic nitrogens is 1. The molecule has 0 spiro atoms. The monoisotopic (exact) mass is 429 g/mol. The number of aryl methyl sites for hydroxylation is 1. The molecule has 23 heavy (non-hydrogen) atoms. The fraction of sp³-hybridized carbons (Fsp3) is 0.294. The molecule has 0 saturated carbocycles. The summed E-state index contributed by atoms with van der Waals surface area (Å²) in [5.41, 5.74) is 1.65. The number of hydrogen-bond acceptors (Lipinski definition) is 3. The maximum absolute atomic E-state index is 14.1. The van der Waals surface area contributed by atoms with Crippen LogP contribution in [0.5, 0.6) is 0 Å². The number of ether oxygens (including phenoxy) is 1. The second-order valence-electron chi connectivity index (χ2n) is 5.33. The molecular formula is C17H17FINO3. The Kier molecular flexibility index (Phi) is 5.69. The van der Waals surface area contributed by atoms with Crippen LogP contribution < -0.4 is 5.56 Å². The van der Waals surface area contributed by atoms with E-state index in [1.54, 1.807) is 26.1 Å². The zero-order valence-electron chi connectivity index (χ0n) is 13.2. The molecule has 0 radical (unpaired) electrons. The van der Waals surface area contributed by atoms with Gasteiger partial charge < -0.3 is 9.30 Å². The number of halogens is 2. The highest BCUT2D eigenvalue weighted by Crippen LogP contribution is 2.20. The molecule has 1 heterocycles. The Balaban J connectivity index is 2.57. The van der Waals surface area contributed by atoms with Crippen molar-refractivity contribution in [2.24, 2.45) is 7.05 Å². The summed E-state index contributed by atoms with van der Waals surface area (Å²) >= 11 is 2.03. The molecule has 0 amide bonds. The van der Waals surface area contributed by atoms with Crippen molar-refractivity contribution < 1.29 is 13.9 Å². The molecule has 1 aromatic carbocycles. The van der Waals surface area contributed by atoms with Crippen molar-refractivity contribution in [3.8, 4) is 0 Å². The van der Waals surface area contributed by atoms with E-state index >= 15 is 0 Å². The normalized spacial score (nSPS) is 10.8. The molecular weight excluding hydrogens is 412 g/mol. The van der Waals surface area contributed by atoms with E-state index in [9.17, 15) is 14.0 Å². The number of nitrogens with zero attached hydrogens (tertiary/aromatic N) is 1. The lowest BCUT2D eigenvalue weighted by Crippen LogP contribution is -2.25. The molecule has 0 fully saturated rings. The van der Waals surface area contributed by atoms with Crippen LogP contribution in [0.3, 0.4) is 0 Å². The van der Waals surface area contributed by atoms with Crippen molar-refractivity contribution >= 4 is 28.4 Å². The van der Waals surface area contributed by atoms with Gasteiger partial charge in [0.25, 0.3) is 5.56 Å². The predicted octanol–water partition coefficient (Wildman–Crippen LogP) is 2.86. The van der Waals surface area contributed by atoms with Crippen LogP contribution in [0.1, 0.15) is 27.0 Å². The van der Waals surface area contributed by atoms with E-state index in [1.807, 2.05) is 22.6 Å². The van der Waals surface area contributed by atoms with Gasteiger partial charge in [0.1, 0.15) is 12.4 Å². The van der Waals surface area contributed by atoms with E-state index in [4.69, 9.17) is 4.74 Å². The van der Waals surface area contributed by atoms with E-state index in [2.05, 4.69) is 0 Å². The molecule has 4 nitrogen and oxygen atoms in total. The van der Waals surface area contributed by atoms with E-state index in [0.717, 1.165) is 3.57 Å². The molecule has 2 aromatic rings. The van der Waals surface area contributed by atoms with Crippen molar-refractivity contribution in [1.82, 2.24) is 4.57 Å². The summed E-state index contributed by atoms with van der Waals surface area (Å²) in [5, 5.41) is 0. The van der Waals surface area contributed by atoms with Gasteiger partial charge in [0.05, 0.1) is 0 Å². The van der Waals surface area contributed by atoms with Crippen molar-refractivity contribution in [1.29, 1.82) is 0 Å². The minimum absolute atomic E-state index is 0.0835. The average Bonchev–Trinajstić information content (AvgIpc) is 2.50. The number of ketones is 1. The third kappa shape index (κ3) is 3.87. The van der Waals surface area contributed by atoms with Gasteiger partial charge in [-0.15, -0.1) is 0 Å². The average molecular weight is 429 g/mol. The van der Waals surface area contributed by atoms with Crippen molar-refractivity contribution in [2.75, 3.05) is 13.7 Å². The number of methoxy groups -OCH3 is 1. The van der Waals surface area contributed by atoms with Gasteiger partial charge in [-0.1, -0.05) is 6.07 Å². The summed E-state index contributed by atoms with van der Waals surface area (Å²) in [5.74, 6) is -0.575. The Morgan fingerprint density at radius 2 is 2.09 bits per heavy atom. The van der Waals surface area contributed by atoms with Gasteiger partial charge in [-0.25, -0.2) is 4.39 Å². The highest BCUT2D eigenvalue weighted by molar-refractivity contribution is 14.1. The van der Waals surface area contributed by atoms with E-state index in [0.29, 0.717) is 22.3 Å². The van der Waals surface area contributed by atoms with Crippen LogP contribution in [0.15, 0.2) is 29.2 Å². The van der Waals surface area contributed by atoms with Crippen molar-refractivity contribution in [3.05, 3.63) is 66.4 Å². The van der Waals surface area contributed by atoms with Gasteiger partial charge in [-0.2, -0.15) is 0 Å². The number of rotatable bonds is 5. The zero-order chi connectivity index (χ0) is 17.1. The lowest BCUT2D eigenvalue weighted by Gasteiger charge is -2.14. The van der Waals surface area contributed by atoms with Gasteiger partial charge in [-0.05, 0) is 52.8 Å². The highest BCUT2D eigenvalue weighted by atomic mass is 127. The summed E-state index contributed by atoms with van der Waals surface area (Å²) in [7, 11) is 3.03. The first-order chi connectivity index (χ1) is 10.8. The first-order valence-electron chi connectivity index (χ1n) is 7.00. The van der Waals surface area contributed by atoms with Crippen LogP contribution in [0.4, 0.5) is 4.39 Å². The lowest BCUT2D eigenvalue weighted by molar-refractivity contribution is 0.0846. The summed E-state index contributed by atoms with van der Waals surface area (Å²) < 4.78 is 21.2. The Labute approximate surface area is 147 Å². The molecule has 6 heteroatoms. The second kappa shape index (κ2) is 7.35. The highest BCUT2D eigenvalue weighted by Gasteiger charge is 2.18. The van der Waals surface area contributed by atoms with Gasteiger partial charge >= 0.3 is 0 Å². The van der Waals surface area contributed by atoms with Crippen LogP contribution in [0.25, 0.3) is 0 Å². The Morgan fingerprint density at radius 1 is 1.39 bits per heavy atom. The summed E-state index contributed by atoms with van der Waals surface area (Å²) in [4.78, 5) is 24.5. The van der Waals surface area contributed by atoms with Crippen molar-refractivity contribution in [2.45, 2.75) is 13.3 Å². The lowest BCUT2D eigenvalue weighted by atomic mass is 9.95. The first-order valence-corrected chi connectivity index (χ1v) is 8.08. The van der Waals surface area contributed by atoms with Crippen LogP contribution in [-0.2, 0) is 18.2 Å². The molecule has 0 aliphatic heterocycles. The standard InChI is InChI=1S/C17H17FINO3/c1-10-13(6-11-4-5-12(19)7-15(11)18)14(16(21)9-23-3)8-20(2)17(10)22/h4-5,7-8H,6,9H2,1-3H3. The first kappa shape index (κ1) is 17.8. The van der Waals surface area contributed by atoms with Crippen LogP contribution >= 0.6 is 22.6 Å². The zero-order valence-corrected chi connectivity index (χ0v) is 15.3. The molecule has 0 aliphatic carbocycles. The van der Waals surface area contributed by atoms with Crippen LogP contribution in [0, 0.1) is 16.3 Å². The second-order valence-corrected chi connectivity index (χ2v) is 6.58. The molecule has 1 aromatic heterocycles. The minimum atomic E-state index is -0.345. The topological polar surface area (TPSA) is 48.3 Å².